The number of aromatic nitrogens is 3. The van der Waals surface area contributed by atoms with Gasteiger partial charge in [-0.2, -0.15) is 0 Å². The van der Waals surface area contributed by atoms with Crippen molar-refractivity contribution in [2.75, 3.05) is 19.6 Å². The molecule has 3 heterocycles. The standard InChI is InChI=1S/C17H28N6/c1-2-18-16(22-11-9-17(13-22)7-3-4-8-17)19-12-15-21-20-14-6-5-10-23(14)15/h2-13H2,1H3,(H,18,19). The van der Waals surface area contributed by atoms with E-state index in [9.17, 15) is 0 Å². The number of guanidine groups is 1. The predicted molar refractivity (Wildman–Crippen MR) is 90.2 cm³/mol. The van der Waals surface area contributed by atoms with E-state index >= 15 is 0 Å². The first-order valence-electron chi connectivity index (χ1n) is 9.24. The molecular weight excluding hydrogens is 288 g/mol. The fourth-order valence-corrected chi connectivity index (χ4v) is 4.55. The van der Waals surface area contributed by atoms with E-state index in [1.54, 1.807) is 0 Å². The molecule has 1 saturated heterocycles. The van der Waals surface area contributed by atoms with Gasteiger partial charge >= 0.3 is 0 Å². The van der Waals surface area contributed by atoms with Gasteiger partial charge in [0.25, 0.3) is 0 Å². The van der Waals surface area contributed by atoms with E-state index in [1.165, 1.54) is 45.1 Å². The zero-order valence-corrected chi connectivity index (χ0v) is 14.2. The van der Waals surface area contributed by atoms with Crippen molar-refractivity contribution in [1.82, 2.24) is 25.0 Å². The summed E-state index contributed by atoms with van der Waals surface area (Å²) in [5.41, 5.74) is 0.576. The molecule has 1 spiro atoms. The van der Waals surface area contributed by atoms with Crippen LogP contribution in [0.1, 0.15) is 57.1 Å². The highest BCUT2D eigenvalue weighted by Gasteiger charge is 2.41. The van der Waals surface area contributed by atoms with Crippen LogP contribution in [0.3, 0.4) is 0 Å². The highest BCUT2D eigenvalue weighted by Crippen LogP contribution is 2.45. The minimum Gasteiger partial charge on any atom is -0.357 e. The zero-order chi connectivity index (χ0) is 15.7. The second-order valence-electron chi connectivity index (χ2n) is 7.34. The highest BCUT2D eigenvalue weighted by molar-refractivity contribution is 5.80. The number of hydrogen-bond donors (Lipinski definition) is 1. The summed E-state index contributed by atoms with van der Waals surface area (Å²) in [7, 11) is 0. The van der Waals surface area contributed by atoms with E-state index in [0.29, 0.717) is 12.0 Å². The molecule has 1 aromatic heterocycles. The van der Waals surface area contributed by atoms with E-state index in [4.69, 9.17) is 4.99 Å². The lowest BCUT2D eigenvalue weighted by Crippen LogP contribution is -2.41. The van der Waals surface area contributed by atoms with Crippen LogP contribution >= 0.6 is 0 Å². The molecule has 0 aromatic carbocycles. The minimum absolute atomic E-state index is 0.576. The van der Waals surface area contributed by atoms with Gasteiger partial charge in [0.1, 0.15) is 12.4 Å². The van der Waals surface area contributed by atoms with E-state index in [1.807, 2.05) is 0 Å². The molecule has 1 saturated carbocycles. The Kier molecular flexibility index (Phi) is 3.99. The van der Waals surface area contributed by atoms with Crippen LogP contribution in [0.15, 0.2) is 4.99 Å². The summed E-state index contributed by atoms with van der Waals surface area (Å²) in [6, 6.07) is 0. The molecule has 4 rings (SSSR count). The number of fused-ring (bicyclic) bond motifs is 1. The first kappa shape index (κ1) is 15.0. The molecule has 1 aromatic rings. The molecule has 2 aliphatic heterocycles. The van der Waals surface area contributed by atoms with Crippen LogP contribution in [0.2, 0.25) is 0 Å². The molecule has 6 heteroatoms. The topological polar surface area (TPSA) is 58.3 Å². The highest BCUT2D eigenvalue weighted by atomic mass is 15.3. The molecule has 2 fully saturated rings. The second-order valence-corrected chi connectivity index (χ2v) is 7.34. The lowest BCUT2D eigenvalue weighted by atomic mass is 9.86. The molecule has 0 atom stereocenters. The van der Waals surface area contributed by atoms with Crippen LogP contribution in [0.25, 0.3) is 0 Å². The average Bonchev–Trinajstić information content (AvgIpc) is 3.31. The summed E-state index contributed by atoms with van der Waals surface area (Å²) in [5, 5.41) is 12.1. The third kappa shape index (κ3) is 2.83. The summed E-state index contributed by atoms with van der Waals surface area (Å²) in [6.07, 6.45) is 9.21. The monoisotopic (exact) mass is 316 g/mol. The maximum Gasteiger partial charge on any atom is 0.194 e. The number of aryl methyl sites for hydroxylation is 1. The van der Waals surface area contributed by atoms with Gasteiger partial charge in [0.2, 0.25) is 0 Å². The maximum absolute atomic E-state index is 4.88. The van der Waals surface area contributed by atoms with Gasteiger partial charge in [-0.3, -0.25) is 0 Å². The molecule has 23 heavy (non-hydrogen) atoms. The fourth-order valence-electron chi connectivity index (χ4n) is 4.55. The van der Waals surface area contributed by atoms with Crippen LogP contribution in [0.4, 0.5) is 0 Å². The van der Waals surface area contributed by atoms with Crippen molar-refractivity contribution < 1.29 is 0 Å². The van der Waals surface area contributed by atoms with E-state index in [0.717, 1.165) is 43.7 Å². The van der Waals surface area contributed by atoms with Crippen LogP contribution in [-0.2, 0) is 19.5 Å². The lowest BCUT2D eigenvalue weighted by molar-refractivity contribution is 0.309. The molecule has 0 bridgehead atoms. The summed E-state index contributed by atoms with van der Waals surface area (Å²) in [5.74, 6) is 3.21. The van der Waals surface area contributed by atoms with Gasteiger partial charge < -0.3 is 14.8 Å². The summed E-state index contributed by atoms with van der Waals surface area (Å²) in [4.78, 5) is 7.35. The first-order chi connectivity index (χ1) is 11.3. The molecule has 1 N–H and O–H groups in total. The Hall–Kier alpha value is -1.59. The molecule has 0 radical (unpaired) electrons. The number of rotatable bonds is 3. The molecule has 0 unspecified atom stereocenters. The van der Waals surface area contributed by atoms with E-state index < -0.39 is 0 Å². The van der Waals surface area contributed by atoms with Crippen molar-refractivity contribution in [3.05, 3.63) is 11.6 Å². The summed E-state index contributed by atoms with van der Waals surface area (Å²) >= 11 is 0. The Balaban J connectivity index is 1.46. The van der Waals surface area contributed by atoms with Gasteiger partial charge in [-0.1, -0.05) is 12.8 Å². The molecule has 6 nitrogen and oxygen atoms in total. The second kappa shape index (κ2) is 6.13. The SMILES string of the molecule is CCNC(=NCc1nnc2n1CCC2)N1CCC2(CCCC2)C1. The fraction of sp³-hybridized carbons (Fsp3) is 0.824. The first-order valence-corrected chi connectivity index (χ1v) is 9.24. The quantitative estimate of drug-likeness (QED) is 0.684. The van der Waals surface area contributed by atoms with Gasteiger partial charge in [0.15, 0.2) is 11.8 Å². The Morgan fingerprint density at radius 1 is 1.17 bits per heavy atom. The number of nitrogens with zero attached hydrogens (tertiary/aromatic N) is 5. The van der Waals surface area contributed by atoms with E-state index in [-0.39, 0.29) is 0 Å². The van der Waals surface area contributed by atoms with Crippen molar-refractivity contribution >= 4 is 5.96 Å². The Morgan fingerprint density at radius 3 is 2.87 bits per heavy atom. The average molecular weight is 316 g/mol. The van der Waals surface area contributed by atoms with Crippen molar-refractivity contribution in [2.24, 2.45) is 10.4 Å². The van der Waals surface area contributed by atoms with Crippen molar-refractivity contribution in [3.63, 3.8) is 0 Å². The Bertz CT molecular complexity index is 584. The molecule has 126 valence electrons. The summed E-state index contributed by atoms with van der Waals surface area (Å²) < 4.78 is 2.25. The number of hydrogen-bond acceptors (Lipinski definition) is 3. The van der Waals surface area contributed by atoms with Crippen LogP contribution < -0.4 is 5.32 Å². The molecule has 0 amide bonds. The van der Waals surface area contributed by atoms with Gasteiger partial charge in [-0.15, -0.1) is 10.2 Å². The number of likely N-dealkylation sites (tertiary alicyclic amines) is 1. The maximum atomic E-state index is 4.88. The van der Waals surface area contributed by atoms with Gasteiger partial charge in [-0.05, 0) is 38.0 Å². The molecule has 1 aliphatic carbocycles. The smallest absolute Gasteiger partial charge is 0.194 e. The Morgan fingerprint density at radius 2 is 2.04 bits per heavy atom. The Labute approximate surface area is 138 Å². The van der Waals surface area contributed by atoms with Crippen LogP contribution in [-0.4, -0.2) is 45.3 Å². The molecular formula is C17H28N6. The minimum atomic E-state index is 0.576. The van der Waals surface area contributed by atoms with Crippen molar-refractivity contribution in [1.29, 1.82) is 0 Å². The lowest BCUT2D eigenvalue weighted by Gasteiger charge is -2.25. The summed E-state index contributed by atoms with van der Waals surface area (Å²) in [6.45, 7) is 7.07. The van der Waals surface area contributed by atoms with Gasteiger partial charge in [0, 0.05) is 32.6 Å². The third-order valence-corrected chi connectivity index (χ3v) is 5.79. The van der Waals surface area contributed by atoms with Crippen LogP contribution in [0.5, 0.6) is 0 Å². The molecule has 3 aliphatic rings. The number of aliphatic imine (C=N–C) groups is 1. The van der Waals surface area contributed by atoms with Crippen LogP contribution in [0, 0.1) is 5.41 Å². The largest absolute Gasteiger partial charge is 0.357 e. The van der Waals surface area contributed by atoms with Crippen molar-refractivity contribution in [3.8, 4) is 0 Å². The van der Waals surface area contributed by atoms with Crippen molar-refractivity contribution in [2.45, 2.75) is 65.0 Å². The van der Waals surface area contributed by atoms with Gasteiger partial charge in [-0.25, -0.2) is 4.99 Å². The zero-order valence-electron chi connectivity index (χ0n) is 14.2. The normalized spacial score (nSPS) is 23.0. The number of nitrogens with one attached hydrogen (secondary N) is 1. The van der Waals surface area contributed by atoms with Gasteiger partial charge in [0.05, 0.1) is 0 Å². The third-order valence-electron chi connectivity index (χ3n) is 5.79. The van der Waals surface area contributed by atoms with E-state index in [2.05, 4.69) is 31.9 Å². The predicted octanol–water partition coefficient (Wildman–Crippen LogP) is 1.96.